The monoisotopic (exact) mass is 524 g/mol. The minimum absolute atomic E-state index is 0.188. The van der Waals surface area contributed by atoms with Crippen LogP contribution >= 0.6 is 0 Å². The minimum Gasteiger partial charge on any atom is -0.487 e. The van der Waals surface area contributed by atoms with Crippen molar-refractivity contribution in [2.24, 2.45) is 5.41 Å². The summed E-state index contributed by atoms with van der Waals surface area (Å²) >= 11 is 0. The molecule has 0 radical (unpaired) electrons. The van der Waals surface area contributed by atoms with Gasteiger partial charge in [-0.05, 0) is 130 Å². The van der Waals surface area contributed by atoms with Crippen LogP contribution in [0, 0.1) is 12.3 Å². The molecule has 1 heterocycles. The van der Waals surface area contributed by atoms with Crippen molar-refractivity contribution >= 4 is 11.9 Å². The van der Waals surface area contributed by atoms with Crippen molar-refractivity contribution in [1.82, 2.24) is 0 Å². The summed E-state index contributed by atoms with van der Waals surface area (Å²) in [7, 11) is 0. The number of allylic oxidation sites excluding steroid dienone is 6. The van der Waals surface area contributed by atoms with Crippen LogP contribution < -0.4 is 9.47 Å². The van der Waals surface area contributed by atoms with Gasteiger partial charge in [0.25, 0.3) is 0 Å². The number of carbonyl (C=O) groups excluding carboxylic acids is 1. The fourth-order valence-electron chi connectivity index (χ4n) is 4.64. The summed E-state index contributed by atoms with van der Waals surface area (Å²) in [4.78, 5) is 23.6. The molecular formula is C33H48O5. The maximum atomic E-state index is 12.3. The first-order chi connectivity index (χ1) is 17.7. The van der Waals surface area contributed by atoms with Crippen molar-refractivity contribution in [3.8, 4) is 11.5 Å². The van der Waals surface area contributed by atoms with E-state index in [1.165, 1.54) is 30.6 Å². The molecule has 1 N–H and O–H groups in total. The van der Waals surface area contributed by atoms with Gasteiger partial charge in [0.1, 0.15) is 17.1 Å². The molecule has 2 rings (SSSR count). The fraction of sp³-hybridized carbons (Fsp3) is 0.576. The van der Waals surface area contributed by atoms with Gasteiger partial charge in [0.2, 0.25) is 0 Å². The van der Waals surface area contributed by atoms with Gasteiger partial charge in [0.05, 0.1) is 11.8 Å². The molecule has 0 aliphatic carbocycles. The number of aliphatic carboxylic acids is 1. The van der Waals surface area contributed by atoms with Crippen molar-refractivity contribution in [3.05, 3.63) is 58.2 Å². The predicted octanol–water partition coefficient (Wildman–Crippen LogP) is 8.68. The SMILES string of the molecule is CC(C)=CCC/C(C)=C/CC/C(C)=C/CC[C@]1(C)CCc2cc(OC(=O)CC(C)(C)C(=O)O)cc(C)c2O1. The summed E-state index contributed by atoms with van der Waals surface area (Å²) in [5, 5.41) is 9.27. The van der Waals surface area contributed by atoms with Crippen LogP contribution in [0.2, 0.25) is 0 Å². The Bertz CT molecular complexity index is 1080. The van der Waals surface area contributed by atoms with Crippen LogP contribution in [0.5, 0.6) is 11.5 Å². The molecule has 1 atom stereocenters. The number of hydrogen-bond donors (Lipinski definition) is 1. The molecular weight excluding hydrogens is 476 g/mol. The lowest BCUT2D eigenvalue weighted by atomic mass is 9.87. The molecule has 1 aliphatic rings. The first-order valence-corrected chi connectivity index (χ1v) is 13.9. The van der Waals surface area contributed by atoms with Crippen LogP contribution in [0.1, 0.15) is 111 Å². The van der Waals surface area contributed by atoms with E-state index in [1.807, 2.05) is 13.0 Å². The van der Waals surface area contributed by atoms with Crippen LogP contribution in [0.4, 0.5) is 0 Å². The van der Waals surface area contributed by atoms with E-state index in [0.29, 0.717) is 5.75 Å². The molecule has 1 aromatic rings. The summed E-state index contributed by atoms with van der Waals surface area (Å²) < 4.78 is 12.0. The lowest BCUT2D eigenvalue weighted by Crippen LogP contribution is -2.36. The van der Waals surface area contributed by atoms with Crippen molar-refractivity contribution in [1.29, 1.82) is 0 Å². The normalized spacial score (nSPS) is 17.9. The lowest BCUT2D eigenvalue weighted by Gasteiger charge is -2.37. The Morgan fingerprint density at radius 1 is 1.03 bits per heavy atom. The number of benzene rings is 1. The van der Waals surface area contributed by atoms with Gasteiger partial charge < -0.3 is 14.6 Å². The quantitative estimate of drug-likeness (QED) is 0.159. The van der Waals surface area contributed by atoms with Crippen molar-refractivity contribution in [3.63, 3.8) is 0 Å². The van der Waals surface area contributed by atoms with Gasteiger partial charge in [0, 0.05) is 0 Å². The fourth-order valence-corrected chi connectivity index (χ4v) is 4.64. The summed E-state index contributed by atoms with van der Waals surface area (Å²) in [6.45, 7) is 15.9. The number of aryl methyl sites for hydroxylation is 2. The highest BCUT2D eigenvalue weighted by Crippen LogP contribution is 2.40. The predicted molar refractivity (Wildman–Crippen MR) is 155 cm³/mol. The molecule has 5 heteroatoms. The van der Waals surface area contributed by atoms with E-state index in [4.69, 9.17) is 9.47 Å². The zero-order chi connectivity index (χ0) is 28.5. The largest absolute Gasteiger partial charge is 0.487 e. The van der Waals surface area contributed by atoms with E-state index < -0.39 is 17.4 Å². The van der Waals surface area contributed by atoms with Gasteiger partial charge >= 0.3 is 11.9 Å². The maximum absolute atomic E-state index is 12.3. The molecule has 0 unspecified atom stereocenters. The number of esters is 1. The topological polar surface area (TPSA) is 72.8 Å². The third-order valence-electron chi connectivity index (χ3n) is 7.28. The maximum Gasteiger partial charge on any atom is 0.312 e. The second-order valence-electron chi connectivity index (χ2n) is 12.1. The zero-order valence-electron chi connectivity index (χ0n) is 24.8. The van der Waals surface area contributed by atoms with E-state index >= 15 is 0 Å². The first-order valence-electron chi connectivity index (χ1n) is 13.9. The van der Waals surface area contributed by atoms with E-state index in [9.17, 15) is 14.7 Å². The number of carboxylic acids is 1. The summed E-state index contributed by atoms with van der Waals surface area (Å²) in [5.74, 6) is -0.250. The number of hydrogen-bond acceptors (Lipinski definition) is 4. The third-order valence-corrected chi connectivity index (χ3v) is 7.28. The Kier molecular flexibility index (Phi) is 11.4. The number of carboxylic acid groups (broad SMARTS) is 1. The molecule has 0 aromatic heterocycles. The van der Waals surface area contributed by atoms with Crippen LogP contribution in [0.25, 0.3) is 0 Å². The molecule has 1 aromatic carbocycles. The van der Waals surface area contributed by atoms with Crippen molar-refractivity contribution in [2.75, 3.05) is 0 Å². The van der Waals surface area contributed by atoms with E-state index in [-0.39, 0.29) is 12.0 Å². The van der Waals surface area contributed by atoms with Crippen LogP contribution in [-0.2, 0) is 16.0 Å². The molecule has 0 fully saturated rings. The highest BCUT2D eigenvalue weighted by Gasteiger charge is 2.33. The average molecular weight is 525 g/mol. The number of carbonyl (C=O) groups is 2. The summed E-state index contributed by atoms with van der Waals surface area (Å²) in [6.07, 6.45) is 14.9. The Balaban J connectivity index is 1.90. The zero-order valence-corrected chi connectivity index (χ0v) is 24.8. The number of ether oxygens (including phenoxy) is 2. The third kappa shape index (κ3) is 10.2. The highest BCUT2D eigenvalue weighted by atomic mass is 16.5. The van der Waals surface area contributed by atoms with Gasteiger partial charge in [0.15, 0.2) is 0 Å². The van der Waals surface area contributed by atoms with Crippen LogP contribution in [-0.4, -0.2) is 22.6 Å². The molecule has 0 bridgehead atoms. The van der Waals surface area contributed by atoms with Gasteiger partial charge in [-0.3, -0.25) is 9.59 Å². The number of rotatable bonds is 13. The molecule has 0 saturated carbocycles. The van der Waals surface area contributed by atoms with Gasteiger partial charge in [-0.15, -0.1) is 0 Å². The van der Waals surface area contributed by atoms with Gasteiger partial charge in [-0.25, -0.2) is 0 Å². The van der Waals surface area contributed by atoms with Gasteiger partial charge in [-0.1, -0.05) is 34.9 Å². The standard InChI is InChI=1S/C33H48O5/c1-23(2)12-9-13-24(3)14-10-15-25(4)16-11-18-33(8)19-17-27-21-28(20-26(5)30(27)38-33)37-29(34)22-32(6,7)31(35)36/h12,14,16,20-21H,9-11,13,15,17-19,22H2,1-8H3,(H,35,36)/b24-14+,25-16+/t33-/m1/s1. The molecule has 1 aliphatic heterocycles. The Labute approximate surface area is 230 Å². The van der Waals surface area contributed by atoms with Gasteiger partial charge in [-0.2, -0.15) is 0 Å². The van der Waals surface area contributed by atoms with Crippen molar-refractivity contribution < 1.29 is 24.2 Å². The Morgan fingerprint density at radius 3 is 2.24 bits per heavy atom. The van der Waals surface area contributed by atoms with E-state index in [2.05, 4.69) is 52.8 Å². The Morgan fingerprint density at radius 2 is 1.63 bits per heavy atom. The summed E-state index contributed by atoms with van der Waals surface area (Å²) in [5.41, 5.74) is 4.82. The smallest absolute Gasteiger partial charge is 0.312 e. The second kappa shape index (κ2) is 13.8. The molecule has 0 saturated heterocycles. The summed E-state index contributed by atoms with van der Waals surface area (Å²) in [6, 6.07) is 3.66. The minimum atomic E-state index is -1.17. The molecule has 0 spiro atoms. The highest BCUT2D eigenvalue weighted by molar-refractivity contribution is 5.82. The molecule has 0 amide bonds. The van der Waals surface area contributed by atoms with Crippen LogP contribution in [0.15, 0.2) is 47.1 Å². The second-order valence-corrected chi connectivity index (χ2v) is 12.1. The molecule has 210 valence electrons. The average Bonchev–Trinajstić information content (AvgIpc) is 2.79. The van der Waals surface area contributed by atoms with Crippen molar-refractivity contribution in [2.45, 2.75) is 119 Å². The Hall–Kier alpha value is -2.82. The molecule has 38 heavy (non-hydrogen) atoms. The van der Waals surface area contributed by atoms with E-state index in [1.54, 1.807) is 6.07 Å². The first kappa shape index (κ1) is 31.4. The van der Waals surface area contributed by atoms with Crippen LogP contribution in [0.3, 0.4) is 0 Å². The number of fused-ring (bicyclic) bond motifs is 1. The lowest BCUT2D eigenvalue weighted by molar-refractivity contribution is -0.152. The molecule has 5 nitrogen and oxygen atoms in total. The van der Waals surface area contributed by atoms with E-state index in [0.717, 1.165) is 68.2 Å².